The van der Waals surface area contributed by atoms with Gasteiger partial charge in [0.05, 0.1) is 12.2 Å². The Bertz CT molecular complexity index is 842. The van der Waals surface area contributed by atoms with E-state index in [4.69, 9.17) is 0 Å². The van der Waals surface area contributed by atoms with E-state index in [1.165, 1.54) is 5.69 Å². The fraction of sp³-hybridized carbons (Fsp3) is 0.522. The number of aromatic nitrogens is 2. The molecule has 0 aliphatic rings. The fourth-order valence-electron chi connectivity index (χ4n) is 3.05. The highest BCUT2D eigenvalue weighted by Gasteiger charge is 2.10. The van der Waals surface area contributed by atoms with Crippen molar-refractivity contribution in [2.75, 3.05) is 18.4 Å². The number of nitrogens with one attached hydrogen (secondary N) is 3. The number of aliphatic imine (C=N–C) groups is 1. The zero-order chi connectivity index (χ0) is 21.9. The van der Waals surface area contributed by atoms with Gasteiger partial charge in [0.15, 0.2) is 5.96 Å². The van der Waals surface area contributed by atoms with Crippen LogP contribution in [0, 0.1) is 19.8 Å². The molecule has 2 rings (SSSR count). The van der Waals surface area contributed by atoms with Crippen molar-refractivity contribution < 1.29 is 4.79 Å². The summed E-state index contributed by atoms with van der Waals surface area (Å²) in [7, 11) is 0. The number of aryl methyl sites for hydroxylation is 3. The van der Waals surface area contributed by atoms with Crippen LogP contribution in [0.5, 0.6) is 0 Å². The summed E-state index contributed by atoms with van der Waals surface area (Å²) in [5.74, 6) is 0.848. The van der Waals surface area contributed by atoms with Crippen LogP contribution in [0.2, 0.25) is 0 Å². The van der Waals surface area contributed by atoms with Crippen LogP contribution in [0.15, 0.2) is 35.3 Å². The highest BCUT2D eigenvalue weighted by Crippen LogP contribution is 2.14. The molecular formula is C23H36N6O. The second kappa shape index (κ2) is 12.0. The SMILES string of the molecule is CCNC(=NCc1cccc(NC(=O)C(C)CC)c1)NCCCn1nc(C)cc1C. The lowest BCUT2D eigenvalue weighted by molar-refractivity contribution is -0.119. The van der Waals surface area contributed by atoms with Crippen molar-refractivity contribution in [3.05, 3.63) is 47.3 Å². The van der Waals surface area contributed by atoms with Crippen LogP contribution in [0.3, 0.4) is 0 Å². The largest absolute Gasteiger partial charge is 0.357 e. The van der Waals surface area contributed by atoms with Crippen molar-refractivity contribution >= 4 is 17.6 Å². The molecular weight excluding hydrogens is 376 g/mol. The molecule has 30 heavy (non-hydrogen) atoms. The van der Waals surface area contributed by atoms with Gasteiger partial charge in [0.2, 0.25) is 5.91 Å². The maximum Gasteiger partial charge on any atom is 0.227 e. The third-order valence-electron chi connectivity index (χ3n) is 4.96. The summed E-state index contributed by atoms with van der Waals surface area (Å²) in [6.07, 6.45) is 1.79. The molecule has 0 bridgehead atoms. The lowest BCUT2D eigenvalue weighted by Gasteiger charge is -2.13. The summed E-state index contributed by atoms with van der Waals surface area (Å²) in [6, 6.07) is 9.96. The molecule has 1 heterocycles. The molecule has 1 aromatic carbocycles. The van der Waals surface area contributed by atoms with Gasteiger partial charge in [-0.15, -0.1) is 0 Å². The quantitative estimate of drug-likeness (QED) is 0.316. The Kier molecular flexibility index (Phi) is 9.38. The van der Waals surface area contributed by atoms with Crippen molar-refractivity contribution in [1.29, 1.82) is 0 Å². The van der Waals surface area contributed by atoms with Crippen LogP contribution in [0.25, 0.3) is 0 Å². The Morgan fingerprint density at radius 1 is 1.20 bits per heavy atom. The third-order valence-corrected chi connectivity index (χ3v) is 4.96. The van der Waals surface area contributed by atoms with E-state index in [0.717, 1.165) is 55.4 Å². The predicted molar refractivity (Wildman–Crippen MR) is 124 cm³/mol. The zero-order valence-electron chi connectivity index (χ0n) is 19.0. The molecule has 0 aliphatic carbocycles. The number of nitrogens with zero attached hydrogens (tertiary/aromatic N) is 3. The van der Waals surface area contributed by atoms with Gasteiger partial charge in [0.25, 0.3) is 0 Å². The average Bonchev–Trinajstić information content (AvgIpc) is 3.05. The molecule has 1 unspecified atom stereocenters. The molecule has 164 valence electrons. The molecule has 0 saturated carbocycles. The standard InChI is InChI=1S/C23H36N6O/c1-6-17(3)22(30)27-21-11-8-10-20(15-21)16-26-23(24-7-2)25-12-9-13-29-19(5)14-18(4)28-29/h8,10-11,14-15,17H,6-7,9,12-13,16H2,1-5H3,(H,27,30)(H2,24,25,26). The average molecular weight is 413 g/mol. The maximum atomic E-state index is 12.1. The number of carbonyl (C=O) groups excluding carboxylic acids is 1. The molecule has 7 heteroatoms. The van der Waals surface area contributed by atoms with Gasteiger partial charge >= 0.3 is 0 Å². The van der Waals surface area contributed by atoms with Crippen LogP contribution in [0.1, 0.15) is 50.6 Å². The van der Waals surface area contributed by atoms with Gasteiger partial charge in [-0.25, -0.2) is 4.99 Å². The number of hydrogen-bond donors (Lipinski definition) is 3. The van der Waals surface area contributed by atoms with E-state index in [2.05, 4.69) is 46.0 Å². The number of anilines is 1. The highest BCUT2D eigenvalue weighted by atomic mass is 16.1. The van der Waals surface area contributed by atoms with Crippen molar-refractivity contribution in [1.82, 2.24) is 20.4 Å². The van der Waals surface area contributed by atoms with Crippen molar-refractivity contribution in [2.24, 2.45) is 10.9 Å². The lowest BCUT2D eigenvalue weighted by Crippen LogP contribution is -2.38. The molecule has 0 spiro atoms. The van der Waals surface area contributed by atoms with E-state index < -0.39 is 0 Å². The summed E-state index contributed by atoms with van der Waals surface area (Å²) >= 11 is 0. The highest BCUT2D eigenvalue weighted by molar-refractivity contribution is 5.92. The lowest BCUT2D eigenvalue weighted by atomic mass is 10.1. The van der Waals surface area contributed by atoms with Crippen molar-refractivity contribution in [2.45, 2.75) is 60.5 Å². The molecule has 7 nitrogen and oxygen atoms in total. The Labute approximate surface area is 180 Å². The van der Waals surface area contributed by atoms with Gasteiger partial charge in [-0.05, 0) is 57.4 Å². The summed E-state index contributed by atoms with van der Waals surface area (Å²) in [5.41, 5.74) is 4.11. The Hall–Kier alpha value is -2.83. The Morgan fingerprint density at radius 3 is 2.67 bits per heavy atom. The van der Waals surface area contributed by atoms with Crippen LogP contribution >= 0.6 is 0 Å². The van der Waals surface area contributed by atoms with E-state index in [-0.39, 0.29) is 11.8 Å². The van der Waals surface area contributed by atoms with Crippen LogP contribution in [-0.2, 0) is 17.9 Å². The first-order valence-corrected chi connectivity index (χ1v) is 10.9. The van der Waals surface area contributed by atoms with Gasteiger partial charge in [0, 0.05) is 36.9 Å². The smallest absolute Gasteiger partial charge is 0.227 e. The molecule has 1 atom stereocenters. The topological polar surface area (TPSA) is 83.3 Å². The molecule has 1 amide bonds. The maximum absolute atomic E-state index is 12.1. The first kappa shape index (κ1) is 23.4. The second-order valence-corrected chi connectivity index (χ2v) is 7.62. The molecule has 0 aliphatic heterocycles. The van der Waals surface area contributed by atoms with Crippen LogP contribution in [-0.4, -0.2) is 34.7 Å². The van der Waals surface area contributed by atoms with Gasteiger partial charge < -0.3 is 16.0 Å². The Balaban J connectivity index is 1.88. The van der Waals surface area contributed by atoms with Crippen molar-refractivity contribution in [3.8, 4) is 0 Å². The number of carbonyl (C=O) groups is 1. The van der Waals surface area contributed by atoms with Gasteiger partial charge in [-0.1, -0.05) is 26.0 Å². The van der Waals surface area contributed by atoms with Crippen LogP contribution in [0.4, 0.5) is 5.69 Å². The third kappa shape index (κ3) is 7.54. The van der Waals surface area contributed by atoms with Gasteiger partial charge in [-0.2, -0.15) is 5.10 Å². The van der Waals surface area contributed by atoms with Crippen LogP contribution < -0.4 is 16.0 Å². The van der Waals surface area contributed by atoms with E-state index in [0.29, 0.717) is 6.54 Å². The summed E-state index contributed by atoms with van der Waals surface area (Å²) < 4.78 is 2.04. The predicted octanol–water partition coefficient (Wildman–Crippen LogP) is 3.63. The van der Waals surface area contributed by atoms with E-state index in [9.17, 15) is 4.79 Å². The number of guanidine groups is 1. The minimum Gasteiger partial charge on any atom is -0.357 e. The number of benzene rings is 1. The number of rotatable bonds is 10. The van der Waals surface area contributed by atoms with Gasteiger partial charge in [0.1, 0.15) is 0 Å². The first-order valence-electron chi connectivity index (χ1n) is 10.9. The molecule has 3 N–H and O–H groups in total. The molecule has 0 radical (unpaired) electrons. The number of amides is 1. The summed E-state index contributed by atoms with van der Waals surface area (Å²) in [4.78, 5) is 16.8. The molecule has 0 saturated heterocycles. The second-order valence-electron chi connectivity index (χ2n) is 7.62. The monoisotopic (exact) mass is 412 g/mol. The van der Waals surface area contributed by atoms with Crippen molar-refractivity contribution in [3.63, 3.8) is 0 Å². The molecule has 1 aromatic heterocycles. The van der Waals surface area contributed by atoms with E-state index in [1.807, 2.05) is 49.7 Å². The number of hydrogen-bond acceptors (Lipinski definition) is 3. The van der Waals surface area contributed by atoms with E-state index in [1.54, 1.807) is 0 Å². The minimum absolute atomic E-state index is 0.00526. The summed E-state index contributed by atoms with van der Waals surface area (Å²) in [5, 5.41) is 14.1. The normalized spacial score (nSPS) is 12.5. The fourth-order valence-corrected chi connectivity index (χ4v) is 3.05. The van der Waals surface area contributed by atoms with E-state index >= 15 is 0 Å². The van der Waals surface area contributed by atoms with Gasteiger partial charge in [-0.3, -0.25) is 9.48 Å². The molecule has 2 aromatic rings. The Morgan fingerprint density at radius 2 is 2.00 bits per heavy atom. The molecule has 0 fully saturated rings. The zero-order valence-corrected chi connectivity index (χ0v) is 19.0. The first-order chi connectivity index (χ1) is 14.4. The summed E-state index contributed by atoms with van der Waals surface area (Å²) in [6.45, 7) is 13.1. The minimum atomic E-state index is 0.00526.